The van der Waals surface area contributed by atoms with Gasteiger partial charge < -0.3 is 9.67 Å². The Kier molecular flexibility index (Phi) is 4.04. The molecule has 0 unspecified atom stereocenters. The third kappa shape index (κ3) is 2.57. The summed E-state index contributed by atoms with van der Waals surface area (Å²) in [7, 11) is 1.94. The fraction of sp³-hybridized carbons (Fsp3) is 0.385. The molecule has 2 rings (SSSR count). The van der Waals surface area contributed by atoms with Gasteiger partial charge in [-0.15, -0.1) is 10.2 Å². The van der Waals surface area contributed by atoms with E-state index in [4.69, 9.17) is 0 Å². The lowest BCUT2D eigenvalue weighted by Crippen LogP contribution is -1.98. The number of nitrogens with zero attached hydrogens (tertiary/aromatic N) is 3. The molecular formula is C13H17N3OS. The van der Waals surface area contributed by atoms with Crippen LogP contribution in [-0.4, -0.2) is 19.9 Å². The molecule has 5 heteroatoms. The second-order valence-electron chi connectivity index (χ2n) is 4.15. The Hall–Kier alpha value is -1.33. The summed E-state index contributed by atoms with van der Waals surface area (Å²) in [6.45, 7) is 3.89. The summed E-state index contributed by atoms with van der Waals surface area (Å²) in [5, 5.41) is 19.0. The van der Waals surface area contributed by atoms with E-state index in [0.29, 0.717) is 6.42 Å². The Morgan fingerprint density at radius 3 is 2.67 bits per heavy atom. The first-order chi connectivity index (χ1) is 8.63. The quantitative estimate of drug-likeness (QED) is 0.921. The van der Waals surface area contributed by atoms with Crippen LogP contribution in [0.15, 0.2) is 34.3 Å². The van der Waals surface area contributed by atoms with Crippen LogP contribution in [0.25, 0.3) is 0 Å². The molecule has 2 aromatic rings. The number of hydrogen-bond donors (Lipinski definition) is 1. The van der Waals surface area contributed by atoms with Gasteiger partial charge in [-0.3, -0.25) is 0 Å². The molecule has 1 aromatic carbocycles. The third-order valence-corrected chi connectivity index (χ3v) is 4.05. The van der Waals surface area contributed by atoms with Crippen LogP contribution in [0, 0.1) is 6.92 Å². The number of aliphatic hydroxyl groups is 1. The van der Waals surface area contributed by atoms with Crippen molar-refractivity contribution in [3.8, 4) is 0 Å². The minimum Gasteiger partial charge on any atom is -0.388 e. The second kappa shape index (κ2) is 5.54. The molecule has 18 heavy (non-hydrogen) atoms. The van der Waals surface area contributed by atoms with Crippen molar-refractivity contribution in [2.24, 2.45) is 7.05 Å². The van der Waals surface area contributed by atoms with E-state index in [0.717, 1.165) is 21.4 Å². The number of hydrogen-bond acceptors (Lipinski definition) is 4. The lowest BCUT2D eigenvalue weighted by molar-refractivity contribution is 0.171. The van der Waals surface area contributed by atoms with Crippen molar-refractivity contribution in [1.82, 2.24) is 14.8 Å². The van der Waals surface area contributed by atoms with Crippen molar-refractivity contribution >= 4 is 11.8 Å². The maximum Gasteiger partial charge on any atom is 0.195 e. The Morgan fingerprint density at radius 2 is 2.06 bits per heavy atom. The van der Waals surface area contributed by atoms with Crippen LogP contribution < -0.4 is 0 Å². The Balaban J connectivity index is 2.32. The monoisotopic (exact) mass is 263 g/mol. The minimum absolute atomic E-state index is 0.428. The van der Waals surface area contributed by atoms with Crippen LogP contribution in [-0.2, 0) is 7.05 Å². The van der Waals surface area contributed by atoms with Gasteiger partial charge in [-0.25, -0.2) is 0 Å². The fourth-order valence-corrected chi connectivity index (χ4v) is 2.66. The highest BCUT2D eigenvalue weighted by Gasteiger charge is 2.13. The molecule has 0 aliphatic carbocycles. The smallest absolute Gasteiger partial charge is 0.195 e. The van der Waals surface area contributed by atoms with Gasteiger partial charge in [-0.05, 0) is 36.7 Å². The molecule has 0 aliphatic rings. The van der Waals surface area contributed by atoms with Gasteiger partial charge in [0.15, 0.2) is 5.16 Å². The van der Waals surface area contributed by atoms with Crippen molar-refractivity contribution in [3.63, 3.8) is 0 Å². The predicted octanol–water partition coefficient (Wildman–Crippen LogP) is 2.72. The fourth-order valence-electron chi connectivity index (χ4n) is 1.64. The van der Waals surface area contributed by atoms with Gasteiger partial charge in [0.1, 0.15) is 5.82 Å². The van der Waals surface area contributed by atoms with Crippen molar-refractivity contribution in [3.05, 3.63) is 35.7 Å². The molecule has 1 heterocycles. The summed E-state index contributed by atoms with van der Waals surface area (Å²) in [5.74, 6) is 0.881. The van der Waals surface area contributed by atoms with Crippen molar-refractivity contribution in [2.45, 2.75) is 36.4 Å². The maximum absolute atomic E-state index is 10.0. The minimum atomic E-state index is -0.428. The predicted molar refractivity (Wildman–Crippen MR) is 71.6 cm³/mol. The van der Waals surface area contributed by atoms with Crippen molar-refractivity contribution in [1.29, 1.82) is 0 Å². The molecule has 1 atom stereocenters. The largest absolute Gasteiger partial charge is 0.388 e. The van der Waals surface area contributed by atoms with Gasteiger partial charge in [-0.2, -0.15) is 0 Å². The highest BCUT2D eigenvalue weighted by atomic mass is 32.2. The highest BCUT2D eigenvalue weighted by molar-refractivity contribution is 7.99. The molecule has 0 aliphatic heterocycles. The molecule has 0 saturated heterocycles. The molecule has 0 amide bonds. The zero-order valence-corrected chi connectivity index (χ0v) is 11.6. The third-order valence-electron chi connectivity index (χ3n) is 2.92. The summed E-state index contributed by atoms with van der Waals surface area (Å²) in [6, 6.07) is 7.88. The van der Waals surface area contributed by atoms with E-state index in [1.807, 2.05) is 49.7 Å². The lowest BCUT2D eigenvalue weighted by atomic mass is 10.1. The van der Waals surface area contributed by atoms with E-state index >= 15 is 0 Å². The number of benzene rings is 1. The van der Waals surface area contributed by atoms with Crippen LogP contribution in [0.2, 0.25) is 0 Å². The first-order valence-electron chi connectivity index (χ1n) is 5.94. The second-order valence-corrected chi connectivity index (χ2v) is 5.16. The number of aliphatic hydroxyl groups excluding tert-OH is 1. The van der Waals surface area contributed by atoms with E-state index in [2.05, 4.69) is 10.2 Å². The van der Waals surface area contributed by atoms with Crippen LogP contribution >= 0.6 is 11.8 Å². The zero-order chi connectivity index (χ0) is 13.1. The molecule has 4 nitrogen and oxygen atoms in total. The van der Waals surface area contributed by atoms with Gasteiger partial charge in [0.05, 0.1) is 6.10 Å². The van der Waals surface area contributed by atoms with Crippen molar-refractivity contribution in [2.75, 3.05) is 0 Å². The first kappa shape index (κ1) is 13.1. The summed E-state index contributed by atoms with van der Waals surface area (Å²) in [6.07, 6.45) is 0.276. The number of aromatic nitrogens is 3. The van der Waals surface area contributed by atoms with E-state index in [1.165, 1.54) is 11.8 Å². The van der Waals surface area contributed by atoms with E-state index < -0.39 is 6.10 Å². The summed E-state index contributed by atoms with van der Waals surface area (Å²) >= 11 is 1.53. The molecular weight excluding hydrogens is 246 g/mol. The standard InChI is InChI=1S/C13H17N3OS/c1-4-11(17)10-7-5-6-8-12(10)18-13-15-14-9(2)16(13)3/h5-8,11,17H,4H2,1-3H3/t11-/m0/s1. The number of rotatable bonds is 4. The maximum atomic E-state index is 10.0. The molecule has 0 spiro atoms. The summed E-state index contributed by atoms with van der Waals surface area (Å²) < 4.78 is 1.94. The number of aryl methyl sites for hydroxylation is 1. The molecule has 0 radical (unpaired) electrons. The Morgan fingerprint density at radius 1 is 1.33 bits per heavy atom. The molecule has 1 N–H and O–H groups in total. The van der Waals surface area contributed by atoms with E-state index in [9.17, 15) is 5.11 Å². The Bertz CT molecular complexity index is 539. The lowest BCUT2D eigenvalue weighted by Gasteiger charge is -2.12. The van der Waals surface area contributed by atoms with Gasteiger partial charge in [0.2, 0.25) is 0 Å². The average Bonchev–Trinajstić information content (AvgIpc) is 2.70. The summed E-state index contributed by atoms with van der Waals surface area (Å²) in [4.78, 5) is 1.03. The molecule has 1 aromatic heterocycles. The first-order valence-corrected chi connectivity index (χ1v) is 6.76. The van der Waals surface area contributed by atoms with Crippen LogP contribution in [0.4, 0.5) is 0 Å². The molecule has 0 fully saturated rings. The topological polar surface area (TPSA) is 50.9 Å². The van der Waals surface area contributed by atoms with E-state index in [-0.39, 0.29) is 0 Å². The SMILES string of the molecule is CC[C@H](O)c1ccccc1Sc1nnc(C)n1C. The normalized spacial score (nSPS) is 12.7. The zero-order valence-electron chi connectivity index (χ0n) is 10.8. The summed E-state index contributed by atoms with van der Waals surface area (Å²) in [5.41, 5.74) is 0.950. The van der Waals surface area contributed by atoms with Crippen LogP contribution in [0.3, 0.4) is 0 Å². The molecule has 0 bridgehead atoms. The Labute approximate surface area is 111 Å². The molecule has 0 saturated carbocycles. The van der Waals surface area contributed by atoms with Crippen LogP contribution in [0.5, 0.6) is 0 Å². The van der Waals surface area contributed by atoms with Gasteiger partial charge in [0, 0.05) is 11.9 Å². The van der Waals surface area contributed by atoms with Gasteiger partial charge >= 0.3 is 0 Å². The van der Waals surface area contributed by atoms with Crippen LogP contribution in [0.1, 0.15) is 30.8 Å². The van der Waals surface area contributed by atoms with Crippen molar-refractivity contribution < 1.29 is 5.11 Å². The highest BCUT2D eigenvalue weighted by Crippen LogP contribution is 2.33. The van der Waals surface area contributed by atoms with E-state index in [1.54, 1.807) is 0 Å². The average molecular weight is 263 g/mol. The van der Waals surface area contributed by atoms with Gasteiger partial charge in [-0.1, -0.05) is 25.1 Å². The van der Waals surface area contributed by atoms with Gasteiger partial charge in [0.25, 0.3) is 0 Å². The molecule has 96 valence electrons.